The summed E-state index contributed by atoms with van der Waals surface area (Å²) in [6, 6.07) is 16.9. The lowest BCUT2D eigenvalue weighted by Crippen LogP contribution is -2.33. The maximum atomic E-state index is 13.3. The Balaban J connectivity index is 1.60. The average Bonchev–Trinajstić information content (AvgIpc) is 3.59. The van der Waals surface area contributed by atoms with Crippen LogP contribution in [0.15, 0.2) is 67.0 Å². The largest absolute Gasteiger partial charge is 0.333 e. The van der Waals surface area contributed by atoms with Crippen molar-refractivity contribution < 1.29 is 9.59 Å². The molecule has 0 radical (unpaired) electrons. The fourth-order valence-corrected chi connectivity index (χ4v) is 3.63. The highest BCUT2D eigenvalue weighted by Gasteiger charge is 2.37. The predicted molar refractivity (Wildman–Crippen MR) is 111 cm³/mol. The fraction of sp³-hybridized carbons (Fsp3) is 0.250. The summed E-state index contributed by atoms with van der Waals surface area (Å²) in [5, 5.41) is 0. The number of hydrogen-bond donors (Lipinski definition) is 0. The van der Waals surface area contributed by atoms with Crippen LogP contribution >= 0.6 is 0 Å². The van der Waals surface area contributed by atoms with Crippen molar-refractivity contribution in [3.63, 3.8) is 0 Å². The van der Waals surface area contributed by atoms with Crippen molar-refractivity contribution in [2.24, 2.45) is 5.92 Å². The van der Waals surface area contributed by atoms with Crippen LogP contribution in [0.25, 0.3) is 11.3 Å². The standard InChI is InChI=1S/C24H23N3O2/c1-16(28)20-11-12-21(26-15-20)18-6-5-7-19(14-18)24(29)27(2)23(17-9-10-17)22-8-3-4-13-25-22/h3-8,11-15,17,23H,9-10H2,1-2H3. The van der Waals surface area contributed by atoms with Gasteiger partial charge in [-0.05, 0) is 62.1 Å². The summed E-state index contributed by atoms with van der Waals surface area (Å²) in [4.78, 5) is 35.4. The normalized spacial score (nSPS) is 14.3. The minimum Gasteiger partial charge on any atom is -0.333 e. The van der Waals surface area contributed by atoms with Crippen molar-refractivity contribution in [2.75, 3.05) is 7.05 Å². The van der Waals surface area contributed by atoms with Crippen molar-refractivity contribution >= 4 is 11.7 Å². The number of nitrogens with zero attached hydrogens (tertiary/aromatic N) is 3. The summed E-state index contributed by atoms with van der Waals surface area (Å²) in [7, 11) is 1.85. The number of pyridine rings is 2. The molecule has 5 heteroatoms. The Morgan fingerprint density at radius 2 is 1.83 bits per heavy atom. The van der Waals surface area contributed by atoms with E-state index >= 15 is 0 Å². The number of benzene rings is 1. The van der Waals surface area contributed by atoms with Gasteiger partial charge in [0.2, 0.25) is 0 Å². The highest BCUT2D eigenvalue weighted by atomic mass is 16.2. The molecule has 0 spiro atoms. The SMILES string of the molecule is CC(=O)c1ccc(-c2cccc(C(=O)N(C)C(c3ccccn3)C3CC3)c2)nc1. The molecule has 1 amide bonds. The van der Waals surface area contributed by atoms with Gasteiger partial charge in [-0.1, -0.05) is 18.2 Å². The Hall–Kier alpha value is -3.34. The van der Waals surface area contributed by atoms with Gasteiger partial charge in [-0.15, -0.1) is 0 Å². The van der Waals surface area contributed by atoms with Crippen LogP contribution in [0.1, 0.15) is 52.2 Å². The molecule has 0 saturated heterocycles. The Labute approximate surface area is 170 Å². The summed E-state index contributed by atoms with van der Waals surface area (Å²) in [6.45, 7) is 1.52. The summed E-state index contributed by atoms with van der Waals surface area (Å²) in [6.07, 6.45) is 5.58. The van der Waals surface area contributed by atoms with Gasteiger partial charge in [0, 0.05) is 36.1 Å². The number of amides is 1. The van der Waals surface area contributed by atoms with Crippen molar-refractivity contribution in [3.8, 4) is 11.3 Å². The number of ketones is 1. The first-order valence-corrected chi connectivity index (χ1v) is 9.80. The molecule has 1 fully saturated rings. The second-order valence-corrected chi connectivity index (χ2v) is 7.52. The van der Waals surface area contributed by atoms with Crippen LogP contribution in [0, 0.1) is 5.92 Å². The van der Waals surface area contributed by atoms with Gasteiger partial charge in [0.15, 0.2) is 5.78 Å². The minimum atomic E-state index is -0.0326. The van der Waals surface area contributed by atoms with Gasteiger partial charge in [-0.3, -0.25) is 19.6 Å². The third-order valence-electron chi connectivity index (χ3n) is 5.37. The number of Topliss-reactive ketones (excluding diaryl/α,β-unsaturated/α-hetero) is 1. The molecule has 1 unspecified atom stereocenters. The lowest BCUT2D eigenvalue weighted by atomic mass is 10.0. The summed E-state index contributed by atoms with van der Waals surface area (Å²) in [5.74, 6) is 0.410. The lowest BCUT2D eigenvalue weighted by molar-refractivity contribution is 0.0707. The molecule has 146 valence electrons. The third-order valence-corrected chi connectivity index (χ3v) is 5.37. The number of carbonyl (C=O) groups is 2. The van der Waals surface area contributed by atoms with Crippen LogP contribution in [-0.4, -0.2) is 33.6 Å². The predicted octanol–water partition coefficient (Wildman–Crippen LogP) is 4.57. The van der Waals surface area contributed by atoms with Crippen molar-refractivity contribution in [3.05, 3.63) is 83.8 Å². The molecule has 1 atom stereocenters. The molecule has 5 nitrogen and oxygen atoms in total. The van der Waals surface area contributed by atoms with Gasteiger partial charge in [0.1, 0.15) is 0 Å². The van der Waals surface area contributed by atoms with Crippen LogP contribution in [-0.2, 0) is 0 Å². The van der Waals surface area contributed by atoms with E-state index in [1.54, 1.807) is 18.5 Å². The molecule has 2 aromatic heterocycles. The number of carbonyl (C=O) groups excluding carboxylic acids is 2. The average molecular weight is 385 g/mol. The molecule has 1 saturated carbocycles. The molecule has 0 bridgehead atoms. The van der Waals surface area contributed by atoms with Gasteiger partial charge in [-0.25, -0.2) is 0 Å². The van der Waals surface area contributed by atoms with Gasteiger partial charge >= 0.3 is 0 Å². The van der Waals surface area contributed by atoms with E-state index in [0.29, 0.717) is 17.0 Å². The summed E-state index contributed by atoms with van der Waals surface area (Å²) >= 11 is 0. The number of rotatable bonds is 6. The second kappa shape index (κ2) is 7.95. The smallest absolute Gasteiger partial charge is 0.254 e. The van der Waals surface area contributed by atoms with Crippen LogP contribution < -0.4 is 0 Å². The van der Waals surface area contributed by atoms with E-state index in [9.17, 15) is 9.59 Å². The third kappa shape index (κ3) is 4.09. The Kier molecular flexibility index (Phi) is 5.21. The quantitative estimate of drug-likeness (QED) is 0.583. The highest BCUT2D eigenvalue weighted by molar-refractivity contribution is 5.96. The van der Waals surface area contributed by atoms with E-state index in [1.165, 1.54) is 6.92 Å². The Bertz CT molecular complexity index is 1030. The van der Waals surface area contributed by atoms with E-state index in [-0.39, 0.29) is 17.7 Å². The van der Waals surface area contributed by atoms with E-state index < -0.39 is 0 Å². The van der Waals surface area contributed by atoms with E-state index in [1.807, 2.05) is 60.5 Å². The summed E-state index contributed by atoms with van der Waals surface area (Å²) in [5.41, 5.74) is 3.70. The molecular weight excluding hydrogens is 362 g/mol. The molecular formula is C24H23N3O2. The molecule has 2 heterocycles. The Morgan fingerprint density at radius 1 is 1.00 bits per heavy atom. The highest BCUT2D eigenvalue weighted by Crippen LogP contribution is 2.43. The number of aromatic nitrogens is 2. The first-order chi connectivity index (χ1) is 14.0. The molecule has 1 aliphatic carbocycles. The molecule has 3 aromatic rings. The van der Waals surface area contributed by atoms with Crippen molar-refractivity contribution in [2.45, 2.75) is 25.8 Å². The van der Waals surface area contributed by atoms with E-state index in [0.717, 1.165) is 29.8 Å². The van der Waals surface area contributed by atoms with Crippen LogP contribution in [0.4, 0.5) is 0 Å². The topological polar surface area (TPSA) is 63.2 Å². The zero-order chi connectivity index (χ0) is 20.4. The van der Waals surface area contributed by atoms with Gasteiger partial charge in [-0.2, -0.15) is 0 Å². The molecule has 4 rings (SSSR count). The fourth-order valence-electron chi connectivity index (χ4n) is 3.63. The molecule has 1 aliphatic rings. The monoisotopic (exact) mass is 385 g/mol. The molecule has 29 heavy (non-hydrogen) atoms. The van der Waals surface area contributed by atoms with Crippen LogP contribution in [0.2, 0.25) is 0 Å². The van der Waals surface area contributed by atoms with Crippen molar-refractivity contribution in [1.82, 2.24) is 14.9 Å². The summed E-state index contributed by atoms with van der Waals surface area (Å²) < 4.78 is 0. The van der Waals surface area contributed by atoms with Crippen LogP contribution in [0.3, 0.4) is 0 Å². The molecule has 1 aromatic carbocycles. The van der Waals surface area contributed by atoms with Crippen molar-refractivity contribution in [1.29, 1.82) is 0 Å². The second-order valence-electron chi connectivity index (χ2n) is 7.52. The Morgan fingerprint density at radius 3 is 2.45 bits per heavy atom. The zero-order valence-corrected chi connectivity index (χ0v) is 16.6. The first kappa shape index (κ1) is 19.0. The van der Waals surface area contributed by atoms with Gasteiger partial charge in [0.25, 0.3) is 5.91 Å². The molecule has 0 aliphatic heterocycles. The lowest BCUT2D eigenvalue weighted by Gasteiger charge is -2.28. The van der Waals surface area contributed by atoms with Crippen LogP contribution in [0.5, 0.6) is 0 Å². The van der Waals surface area contributed by atoms with Gasteiger partial charge < -0.3 is 4.90 Å². The maximum absolute atomic E-state index is 13.3. The zero-order valence-electron chi connectivity index (χ0n) is 16.6. The minimum absolute atomic E-state index is 0.0136. The van der Waals surface area contributed by atoms with Gasteiger partial charge in [0.05, 0.1) is 17.4 Å². The maximum Gasteiger partial charge on any atom is 0.254 e. The van der Waals surface area contributed by atoms with E-state index in [4.69, 9.17) is 0 Å². The first-order valence-electron chi connectivity index (χ1n) is 9.80. The van der Waals surface area contributed by atoms with E-state index in [2.05, 4.69) is 9.97 Å². The molecule has 0 N–H and O–H groups in total. The number of hydrogen-bond acceptors (Lipinski definition) is 4.